The van der Waals surface area contributed by atoms with Gasteiger partial charge in [-0.1, -0.05) is 12.8 Å². The van der Waals surface area contributed by atoms with Crippen LogP contribution in [0.15, 0.2) is 0 Å². The fourth-order valence-electron chi connectivity index (χ4n) is 1.33. The third kappa shape index (κ3) is 13.3. The van der Waals surface area contributed by atoms with Gasteiger partial charge in [-0.25, -0.2) is 9.13 Å². The Bertz CT molecular complexity index is 289. The molecule has 1 saturated carbocycles. The van der Waals surface area contributed by atoms with Crippen LogP contribution >= 0.6 is 15.6 Å². The monoisotopic (exact) mass is 487 g/mol. The molecule has 0 spiro atoms. The Kier molecular flexibility index (Phi) is 10.5. The van der Waals surface area contributed by atoms with E-state index in [1.807, 2.05) is 0 Å². The molecule has 1 aliphatic rings. The largest absolute Gasteiger partial charge is 2.00 e. The van der Waals surface area contributed by atoms with Crippen molar-refractivity contribution in [2.45, 2.75) is 37.8 Å². The average molecular weight is 487 g/mol. The molecule has 2 atom stereocenters. The summed E-state index contributed by atoms with van der Waals surface area (Å²) < 4.78 is 22.2. The van der Waals surface area contributed by atoms with E-state index in [2.05, 4.69) is 4.31 Å². The zero-order valence-corrected chi connectivity index (χ0v) is 13.4. The zero-order chi connectivity index (χ0) is 13.7. The fourth-order valence-corrected chi connectivity index (χ4v) is 2.44. The number of rotatable bonds is 2. The van der Waals surface area contributed by atoms with Crippen molar-refractivity contribution in [3.63, 3.8) is 0 Å². The topological polar surface area (TPSA) is 176 Å². The molecule has 0 heterocycles. The summed E-state index contributed by atoms with van der Waals surface area (Å²) in [5, 5.41) is 0. The molecule has 0 aliphatic heterocycles. The molecule has 0 radical (unpaired) electrons. The minimum Gasteiger partial charge on any atom is -0.326 e. The van der Waals surface area contributed by atoms with Crippen LogP contribution in [0.3, 0.4) is 0 Å². The summed E-state index contributed by atoms with van der Waals surface area (Å²) in [7, 11) is -10.1. The Morgan fingerprint density at radius 3 is 1.28 bits per heavy atom. The van der Waals surface area contributed by atoms with E-state index in [0.717, 1.165) is 12.8 Å². The Labute approximate surface area is 119 Å². The molecule has 2 unspecified atom stereocenters. The molecule has 1 rings (SSSR count). The normalized spacial score (nSPS) is 24.6. The first-order valence-electron chi connectivity index (χ1n) is 4.85. The van der Waals surface area contributed by atoms with E-state index >= 15 is 0 Å². The van der Waals surface area contributed by atoms with Crippen LogP contribution in [0, 0.1) is 0 Å². The maximum atomic E-state index is 9.63. The van der Waals surface area contributed by atoms with Crippen LogP contribution in [0.2, 0.25) is 0 Å². The second-order valence-electron chi connectivity index (χ2n) is 3.67. The molecule has 8 N–H and O–H groups in total. The second-order valence-corrected chi connectivity index (χ2v) is 6.29. The van der Waals surface area contributed by atoms with Gasteiger partial charge in [0.05, 0.1) is 0 Å². The number of hydrogen-bond donors (Lipinski definition) is 6. The molecule has 0 saturated heterocycles. The van der Waals surface area contributed by atoms with E-state index in [1.165, 1.54) is 12.8 Å². The van der Waals surface area contributed by atoms with Gasteiger partial charge in [-0.05, 0) is 12.8 Å². The molecular formula is C6H18N2O7P2Pt+2. The number of phosphoric acid groups is 2. The summed E-state index contributed by atoms with van der Waals surface area (Å²) in [4.78, 5) is 31.0. The molecule has 12 heteroatoms. The van der Waals surface area contributed by atoms with Crippen LogP contribution in [-0.2, 0) is 34.5 Å². The molecular weight excluding hydrogens is 469 g/mol. The third-order valence-electron chi connectivity index (χ3n) is 2.09. The van der Waals surface area contributed by atoms with Crippen molar-refractivity contribution in [1.82, 2.24) is 0 Å². The molecule has 0 aromatic rings. The maximum absolute atomic E-state index is 9.63. The van der Waals surface area contributed by atoms with Gasteiger partial charge in [0.25, 0.3) is 0 Å². The van der Waals surface area contributed by atoms with Crippen molar-refractivity contribution in [3.8, 4) is 0 Å². The summed E-state index contributed by atoms with van der Waals surface area (Å²) in [5.74, 6) is 0. The second kappa shape index (κ2) is 8.92. The van der Waals surface area contributed by atoms with Gasteiger partial charge in [0.2, 0.25) is 0 Å². The van der Waals surface area contributed by atoms with E-state index in [1.54, 1.807) is 0 Å². The van der Waals surface area contributed by atoms with Gasteiger partial charge >= 0.3 is 36.7 Å². The zero-order valence-electron chi connectivity index (χ0n) is 9.36. The van der Waals surface area contributed by atoms with Crippen molar-refractivity contribution in [2.75, 3.05) is 0 Å². The van der Waals surface area contributed by atoms with Gasteiger partial charge in [-0.2, -0.15) is 4.31 Å². The standard InChI is InChI=1S/C6H14N2.H4O7P2.Pt/c7-5-3-1-2-4-6(5)8;1-8(2,3)7-9(4,5)6;/h5-6H,1-4,7-8H2;(H2,1,2,3)(H2,4,5,6);/q;;+2. The molecule has 9 nitrogen and oxygen atoms in total. The minimum absolute atomic E-state index is 0. The summed E-state index contributed by atoms with van der Waals surface area (Å²) in [6.07, 6.45) is 4.80. The van der Waals surface area contributed by atoms with Gasteiger partial charge in [0.1, 0.15) is 0 Å². The van der Waals surface area contributed by atoms with Crippen molar-refractivity contribution >= 4 is 15.6 Å². The smallest absolute Gasteiger partial charge is 0.326 e. The number of hydrogen-bond acceptors (Lipinski definition) is 5. The summed E-state index contributed by atoms with van der Waals surface area (Å²) >= 11 is 0. The summed E-state index contributed by atoms with van der Waals surface area (Å²) in [5.41, 5.74) is 11.3. The van der Waals surface area contributed by atoms with Crippen LogP contribution in [0.5, 0.6) is 0 Å². The van der Waals surface area contributed by atoms with E-state index in [9.17, 15) is 9.13 Å². The Morgan fingerprint density at radius 1 is 0.889 bits per heavy atom. The molecule has 112 valence electrons. The molecule has 0 aromatic heterocycles. The Morgan fingerprint density at radius 2 is 1.17 bits per heavy atom. The van der Waals surface area contributed by atoms with E-state index < -0.39 is 15.6 Å². The van der Waals surface area contributed by atoms with Crippen LogP contribution in [-0.4, -0.2) is 31.7 Å². The van der Waals surface area contributed by atoms with Crippen LogP contribution in [0.1, 0.15) is 25.7 Å². The molecule has 0 bridgehead atoms. The first-order valence-corrected chi connectivity index (χ1v) is 7.91. The third-order valence-corrected chi connectivity index (χ3v) is 3.79. The van der Waals surface area contributed by atoms with Gasteiger partial charge < -0.3 is 31.0 Å². The van der Waals surface area contributed by atoms with Gasteiger partial charge in [-0.15, -0.1) is 0 Å². The molecule has 18 heavy (non-hydrogen) atoms. The van der Waals surface area contributed by atoms with Crippen molar-refractivity contribution < 1.29 is 54.1 Å². The molecule has 1 fully saturated rings. The fraction of sp³-hybridized carbons (Fsp3) is 1.00. The van der Waals surface area contributed by atoms with Crippen molar-refractivity contribution in [3.05, 3.63) is 0 Å². The van der Waals surface area contributed by atoms with Crippen molar-refractivity contribution in [1.29, 1.82) is 0 Å². The minimum atomic E-state index is -5.05. The molecule has 0 amide bonds. The SMILES string of the molecule is NC1CCCCC1N.O=P(O)(O)OP(=O)(O)O.[Pt+2]. The predicted molar refractivity (Wildman–Crippen MR) is 59.6 cm³/mol. The quantitative estimate of drug-likeness (QED) is 0.278. The van der Waals surface area contributed by atoms with Gasteiger partial charge in [0, 0.05) is 12.1 Å². The Balaban J connectivity index is 0. The summed E-state index contributed by atoms with van der Waals surface area (Å²) in [6.45, 7) is 0. The number of nitrogens with two attached hydrogens (primary N) is 2. The van der Waals surface area contributed by atoms with E-state index in [-0.39, 0.29) is 33.1 Å². The van der Waals surface area contributed by atoms with Crippen LogP contribution in [0.4, 0.5) is 0 Å². The molecule has 1 aliphatic carbocycles. The van der Waals surface area contributed by atoms with Crippen LogP contribution in [0.25, 0.3) is 0 Å². The summed E-state index contributed by atoms with van der Waals surface area (Å²) in [6, 6.07) is 0.562. The van der Waals surface area contributed by atoms with Gasteiger partial charge in [0.15, 0.2) is 0 Å². The first-order chi connectivity index (χ1) is 7.51. The maximum Gasteiger partial charge on any atom is 2.00 e. The Hall–Kier alpha value is 0.868. The molecule has 0 aromatic carbocycles. The van der Waals surface area contributed by atoms with E-state index in [0.29, 0.717) is 0 Å². The average Bonchev–Trinajstić information content (AvgIpc) is 2.04. The van der Waals surface area contributed by atoms with E-state index in [4.69, 9.17) is 31.0 Å². The van der Waals surface area contributed by atoms with Crippen LogP contribution < -0.4 is 11.5 Å². The predicted octanol–water partition coefficient (Wildman–Crippen LogP) is -0.599. The van der Waals surface area contributed by atoms with Crippen molar-refractivity contribution in [2.24, 2.45) is 11.5 Å². The first kappa shape index (κ1) is 21.2. The van der Waals surface area contributed by atoms with Gasteiger partial charge in [-0.3, -0.25) is 0 Å².